The molecular formula is C15H10ClN3O2. The lowest BCUT2D eigenvalue weighted by atomic mass is 10.2. The minimum absolute atomic E-state index is 0.00948. The summed E-state index contributed by atoms with van der Waals surface area (Å²) in [4.78, 5) is 11.0. The van der Waals surface area contributed by atoms with Crippen LogP contribution in [0, 0.1) is 11.3 Å². The van der Waals surface area contributed by atoms with Crippen LogP contribution in [-0.2, 0) is 0 Å². The van der Waals surface area contributed by atoms with Crippen LogP contribution in [0.1, 0.15) is 21.5 Å². The fourth-order valence-electron chi connectivity index (χ4n) is 1.58. The van der Waals surface area contributed by atoms with Crippen LogP contribution in [0.3, 0.4) is 0 Å². The molecule has 0 saturated heterocycles. The van der Waals surface area contributed by atoms with E-state index in [1.54, 1.807) is 36.5 Å². The molecule has 104 valence electrons. The molecule has 0 spiro atoms. The Morgan fingerprint density at radius 2 is 2.00 bits per heavy atom. The second-order valence-electron chi connectivity index (χ2n) is 4.10. The number of carboxylic acid groups (broad SMARTS) is 1. The van der Waals surface area contributed by atoms with E-state index < -0.39 is 5.97 Å². The number of halogens is 1. The van der Waals surface area contributed by atoms with Crippen LogP contribution in [0.25, 0.3) is 0 Å². The quantitative estimate of drug-likeness (QED) is 0.669. The molecule has 0 radical (unpaired) electrons. The van der Waals surface area contributed by atoms with E-state index in [2.05, 4.69) is 10.5 Å². The third kappa shape index (κ3) is 3.81. The zero-order chi connectivity index (χ0) is 15.2. The summed E-state index contributed by atoms with van der Waals surface area (Å²) in [5.74, 6) is -1.10. The predicted octanol–water partition coefficient (Wildman–Crippen LogP) is 3.36. The third-order valence-electron chi connectivity index (χ3n) is 2.64. The first kappa shape index (κ1) is 14.6. The number of hydrazone groups is 1. The molecule has 21 heavy (non-hydrogen) atoms. The number of hydrogen-bond donors (Lipinski definition) is 2. The van der Waals surface area contributed by atoms with Crippen LogP contribution < -0.4 is 5.43 Å². The fourth-order valence-corrected chi connectivity index (χ4v) is 1.78. The molecule has 0 aliphatic rings. The van der Waals surface area contributed by atoms with Crippen molar-refractivity contribution in [1.82, 2.24) is 0 Å². The zero-order valence-electron chi connectivity index (χ0n) is 10.7. The van der Waals surface area contributed by atoms with Crippen molar-refractivity contribution in [2.45, 2.75) is 0 Å². The van der Waals surface area contributed by atoms with E-state index in [9.17, 15) is 4.79 Å². The number of rotatable bonds is 4. The van der Waals surface area contributed by atoms with Crippen LogP contribution >= 0.6 is 11.6 Å². The van der Waals surface area contributed by atoms with Gasteiger partial charge in [0.25, 0.3) is 0 Å². The Morgan fingerprint density at radius 3 is 2.62 bits per heavy atom. The summed E-state index contributed by atoms with van der Waals surface area (Å²) in [6.07, 6.45) is 1.57. The topological polar surface area (TPSA) is 85.5 Å². The third-order valence-corrected chi connectivity index (χ3v) is 2.97. The van der Waals surface area contributed by atoms with Crippen molar-refractivity contribution in [3.05, 3.63) is 64.2 Å². The molecule has 0 saturated carbocycles. The second kappa shape index (κ2) is 6.55. The highest BCUT2D eigenvalue weighted by Gasteiger charge is 2.08. The van der Waals surface area contributed by atoms with Crippen LogP contribution in [0.5, 0.6) is 0 Å². The molecular weight excluding hydrogens is 290 g/mol. The van der Waals surface area contributed by atoms with Crippen LogP contribution in [0.2, 0.25) is 5.02 Å². The van der Waals surface area contributed by atoms with Crippen molar-refractivity contribution >= 4 is 29.5 Å². The first-order chi connectivity index (χ1) is 10.1. The maximum absolute atomic E-state index is 11.0. The first-order valence-electron chi connectivity index (χ1n) is 5.92. The number of benzene rings is 2. The Hall–Kier alpha value is -2.84. The van der Waals surface area contributed by atoms with Gasteiger partial charge in [-0.2, -0.15) is 10.4 Å². The molecule has 2 N–H and O–H groups in total. The van der Waals surface area contributed by atoms with E-state index in [-0.39, 0.29) is 10.6 Å². The number of nitriles is 1. The Morgan fingerprint density at radius 1 is 1.29 bits per heavy atom. The number of carbonyl (C=O) groups is 1. The van der Waals surface area contributed by atoms with Gasteiger partial charge in [0.1, 0.15) is 0 Å². The Labute approximate surface area is 126 Å². The Balaban J connectivity index is 2.08. The van der Waals surface area contributed by atoms with E-state index >= 15 is 0 Å². The van der Waals surface area contributed by atoms with Crippen molar-refractivity contribution in [1.29, 1.82) is 5.26 Å². The smallest absolute Gasteiger partial charge is 0.337 e. The molecule has 5 nitrogen and oxygen atoms in total. The van der Waals surface area contributed by atoms with Crippen molar-refractivity contribution in [3.8, 4) is 6.07 Å². The van der Waals surface area contributed by atoms with E-state index in [1.807, 2.05) is 6.07 Å². The lowest BCUT2D eigenvalue weighted by Gasteiger charge is -2.03. The zero-order valence-corrected chi connectivity index (χ0v) is 11.5. The summed E-state index contributed by atoms with van der Waals surface area (Å²) in [7, 11) is 0. The summed E-state index contributed by atoms with van der Waals surface area (Å²) in [6.45, 7) is 0. The van der Waals surface area contributed by atoms with Crippen molar-refractivity contribution in [2.24, 2.45) is 5.10 Å². The normalized spacial score (nSPS) is 10.3. The van der Waals surface area contributed by atoms with Gasteiger partial charge < -0.3 is 5.11 Å². The maximum Gasteiger partial charge on any atom is 0.337 e. The average molecular weight is 300 g/mol. The minimum Gasteiger partial charge on any atom is -0.478 e. The SMILES string of the molecule is N#Cc1ccc(C=NNc2ccc(Cl)c(C(=O)O)c2)cc1. The largest absolute Gasteiger partial charge is 0.478 e. The number of aromatic carboxylic acids is 1. The highest BCUT2D eigenvalue weighted by atomic mass is 35.5. The standard InChI is InChI=1S/C15H10ClN3O2/c16-14-6-5-12(7-13(14)15(20)21)19-18-9-11-3-1-10(8-17)2-4-11/h1-7,9,19H,(H,20,21). The number of nitrogens with zero attached hydrogens (tertiary/aromatic N) is 2. The van der Waals surface area contributed by atoms with Gasteiger partial charge in [-0.3, -0.25) is 5.43 Å². The van der Waals surface area contributed by atoms with Gasteiger partial charge in [-0.1, -0.05) is 23.7 Å². The molecule has 0 heterocycles. The van der Waals surface area contributed by atoms with Gasteiger partial charge in [0.15, 0.2) is 0 Å². The number of anilines is 1. The van der Waals surface area contributed by atoms with Gasteiger partial charge in [0, 0.05) is 0 Å². The molecule has 0 aromatic heterocycles. The monoisotopic (exact) mass is 299 g/mol. The lowest BCUT2D eigenvalue weighted by Crippen LogP contribution is -1.99. The van der Waals surface area contributed by atoms with Crippen molar-refractivity contribution < 1.29 is 9.90 Å². The summed E-state index contributed by atoms with van der Waals surface area (Å²) < 4.78 is 0. The molecule has 2 aromatic carbocycles. The van der Waals surface area contributed by atoms with Gasteiger partial charge >= 0.3 is 5.97 Å². The summed E-state index contributed by atoms with van der Waals surface area (Å²) in [6, 6.07) is 13.4. The maximum atomic E-state index is 11.0. The fraction of sp³-hybridized carbons (Fsp3) is 0. The van der Waals surface area contributed by atoms with E-state index in [0.717, 1.165) is 5.56 Å². The van der Waals surface area contributed by atoms with Gasteiger partial charge in [-0.15, -0.1) is 0 Å². The lowest BCUT2D eigenvalue weighted by molar-refractivity contribution is 0.0697. The van der Waals surface area contributed by atoms with Crippen LogP contribution in [-0.4, -0.2) is 17.3 Å². The molecule has 0 amide bonds. The molecule has 2 aromatic rings. The van der Waals surface area contributed by atoms with Gasteiger partial charge in [0.05, 0.1) is 34.1 Å². The molecule has 0 aliphatic heterocycles. The van der Waals surface area contributed by atoms with Gasteiger partial charge in [-0.05, 0) is 35.9 Å². The molecule has 2 rings (SSSR count). The van der Waals surface area contributed by atoms with Crippen molar-refractivity contribution in [2.75, 3.05) is 5.43 Å². The van der Waals surface area contributed by atoms with Crippen molar-refractivity contribution in [3.63, 3.8) is 0 Å². The molecule has 0 fully saturated rings. The van der Waals surface area contributed by atoms with E-state index in [0.29, 0.717) is 11.3 Å². The van der Waals surface area contributed by atoms with Gasteiger partial charge in [0.2, 0.25) is 0 Å². The molecule has 0 aliphatic carbocycles. The molecule has 0 unspecified atom stereocenters. The highest BCUT2D eigenvalue weighted by molar-refractivity contribution is 6.33. The summed E-state index contributed by atoms with van der Waals surface area (Å²) in [5.41, 5.74) is 4.64. The van der Waals surface area contributed by atoms with E-state index in [4.69, 9.17) is 22.0 Å². The van der Waals surface area contributed by atoms with E-state index in [1.165, 1.54) is 12.1 Å². The predicted molar refractivity (Wildman–Crippen MR) is 80.8 cm³/mol. The number of hydrogen-bond acceptors (Lipinski definition) is 4. The number of nitrogens with one attached hydrogen (secondary N) is 1. The number of carboxylic acids is 1. The molecule has 6 heteroatoms. The average Bonchev–Trinajstić information content (AvgIpc) is 2.49. The summed E-state index contributed by atoms with van der Waals surface area (Å²) >= 11 is 5.78. The van der Waals surface area contributed by atoms with Crippen LogP contribution in [0.15, 0.2) is 47.6 Å². The minimum atomic E-state index is -1.10. The Kier molecular flexibility index (Phi) is 4.54. The molecule has 0 bridgehead atoms. The second-order valence-corrected chi connectivity index (χ2v) is 4.51. The van der Waals surface area contributed by atoms with Crippen LogP contribution in [0.4, 0.5) is 5.69 Å². The summed E-state index contributed by atoms with van der Waals surface area (Å²) in [5, 5.41) is 21.8. The highest BCUT2D eigenvalue weighted by Crippen LogP contribution is 2.20. The Bertz CT molecular complexity index is 734. The van der Waals surface area contributed by atoms with Gasteiger partial charge in [-0.25, -0.2) is 4.79 Å². The first-order valence-corrected chi connectivity index (χ1v) is 6.30. The molecule has 0 atom stereocenters.